The molecule has 2 rings (SSSR count). The van der Waals surface area contributed by atoms with Crippen LogP contribution in [0.1, 0.15) is 112 Å². The maximum absolute atomic E-state index is 11.6. The zero-order chi connectivity index (χ0) is 31.8. The lowest BCUT2D eigenvalue weighted by atomic mass is 9.81. The van der Waals surface area contributed by atoms with Crippen LogP contribution in [-0.2, 0) is 29.9 Å². The van der Waals surface area contributed by atoms with Gasteiger partial charge < -0.3 is 29.9 Å². The minimum Gasteiger partial charge on any atom is -0.507 e. The fourth-order valence-corrected chi connectivity index (χ4v) is 5.20. The van der Waals surface area contributed by atoms with Gasteiger partial charge in [-0.1, -0.05) is 65.8 Å². The predicted octanol–water partition coefficient (Wildman–Crippen LogP) is 6.94. The number of benzene rings is 2. The van der Waals surface area contributed by atoms with Gasteiger partial charge in [0.15, 0.2) is 0 Å². The molecule has 8 nitrogen and oxygen atoms in total. The molecule has 0 radical (unpaired) electrons. The van der Waals surface area contributed by atoms with Crippen LogP contribution in [0, 0.1) is 13.8 Å². The summed E-state index contributed by atoms with van der Waals surface area (Å²) < 4.78 is 11.5. The number of aliphatic carboxylic acids is 2. The van der Waals surface area contributed by atoms with Gasteiger partial charge in [0.05, 0.1) is 26.1 Å². The van der Waals surface area contributed by atoms with E-state index in [4.69, 9.17) is 9.47 Å². The first kappa shape index (κ1) is 35.1. The van der Waals surface area contributed by atoms with Gasteiger partial charge in [0.25, 0.3) is 0 Å². The third-order valence-corrected chi connectivity index (χ3v) is 7.64. The highest BCUT2D eigenvalue weighted by atomic mass is 16.5. The van der Waals surface area contributed by atoms with Gasteiger partial charge in [-0.2, -0.15) is 0 Å². The Balaban J connectivity index is 1.93. The Morgan fingerprint density at radius 2 is 0.976 bits per heavy atom. The van der Waals surface area contributed by atoms with E-state index in [1.807, 2.05) is 79.7 Å². The molecule has 0 heterocycles. The number of carboxylic acid groups (broad SMARTS) is 2. The van der Waals surface area contributed by atoms with Crippen LogP contribution in [0.5, 0.6) is 11.5 Å². The van der Waals surface area contributed by atoms with E-state index in [9.17, 15) is 30.0 Å². The molecule has 0 saturated carbocycles. The monoisotopic (exact) mass is 586 g/mol. The number of aromatic hydroxyl groups is 2. The van der Waals surface area contributed by atoms with E-state index in [2.05, 4.69) is 0 Å². The minimum absolute atomic E-state index is 0.0354. The first-order chi connectivity index (χ1) is 19.4. The Kier molecular flexibility index (Phi) is 12.4. The van der Waals surface area contributed by atoms with E-state index in [0.717, 1.165) is 33.4 Å². The van der Waals surface area contributed by atoms with Gasteiger partial charge in [0.2, 0.25) is 0 Å². The van der Waals surface area contributed by atoms with Crippen molar-refractivity contribution >= 4 is 11.9 Å². The molecule has 0 fully saturated rings. The molecule has 8 heteroatoms. The molecular formula is C34H50O8. The molecule has 2 aromatic rings. The molecule has 0 bridgehead atoms. The summed E-state index contributed by atoms with van der Waals surface area (Å²) in [4.78, 5) is 23.2. The van der Waals surface area contributed by atoms with Crippen molar-refractivity contribution in [2.24, 2.45) is 0 Å². The summed E-state index contributed by atoms with van der Waals surface area (Å²) in [5.74, 6) is -1.80. The standard InChI is InChI=1S/C34H50O8/c1-21-15-25(17-27(31(21)39)33(3,4)5)23(19-29(35)36)9-11-41-13-14-42-12-10-24(20-30(37)38)26-16-22(2)32(40)28(18-26)34(6,7)8/h15-18,23-24,39-40H,9-14,19-20H2,1-8H3,(H,35,36)(H,37,38). The third-order valence-electron chi connectivity index (χ3n) is 7.64. The van der Waals surface area contributed by atoms with E-state index < -0.39 is 11.9 Å². The molecule has 0 aliphatic carbocycles. The average molecular weight is 587 g/mol. The van der Waals surface area contributed by atoms with Crippen LogP contribution < -0.4 is 0 Å². The number of carbonyl (C=O) groups is 2. The molecule has 0 spiro atoms. The van der Waals surface area contributed by atoms with Crippen LogP contribution >= 0.6 is 0 Å². The first-order valence-corrected chi connectivity index (χ1v) is 14.7. The Morgan fingerprint density at radius 1 is 0.643 bits per heavy atom. The van der Waals surface area contributed by atoms with Crippen LogP contribution in [0.15, 0.2) is 24.3 Å². The van der Waals surface area contributed by atoms with Gasteiger partial charge in [-0.3, -0.25) is 9.59 Å². The summed E-state index contributed by atoms with van der Waals surface area (Å²) in [6.45, 7) is 17.1. The summed E-state index contributed by atoms with van der Waals surface area (Å²) in [6.07, 6.45) is 0.951. The topological polar surface area (TPSA) is 134 Å². The summed E-state index contributed by atoms with van der Waals surface area (Å²) in [7, 11) is 0. The lowest BCUT2D eigenvalue weighted by Gasteiger charge is -2.25. The molecule has 0 amide bonds. The molecule has 0 aromatic heterocycles. The molecule has 234 valence electrons. The molecule has 42 heavy (non-hydrogen) atoms. The fourth-order valence-electron chi connectivity index (χ4n) is 5.20. The first-order valence-electron chi connectivity index (χ1n) is 14.7. The SMILES string of the molecule is Cc1cc(C(CCOCCOCCC(CC(=O)O)c2cc(C)c(O)c(C(C)(C)C)c2)CC(=O)O)cc(C(C)(C)C)c1O. The Hall–Kier alpha value is -3.10. The second kappa shape index (κ2) is 14.9. The highest BCUT2D eigenvalue weighted by molar-refractivity contribution is 5.68. The lowest BCUT2D eigenvalue weighted by molar-refractivity contribution is -0.138. The maximum atomic E-state index is 11.6. The largest absolute Gasteiger partial charge is 0.507 e. The zero-order valence-electron chi connectivity index (χ0n) is 26.5. The molecule has 0 saturated heterocycles. The van der Waals surface area contributed by atoms with Crippen molar-refractivity contribution in [1.29, 1.82) is 0 Å². The van der Waals surface area contributed by atoms with Gasteiger partial charge in [-0.25, -0.2) is 0 Å². The van der Waals surface area contributed by atoms with E-state index in [1.54, 1.807) is 0 Å². The van der Waals surface area contributed by atoms with Crippen LogP contribution in [-0.4, -0.2) is 58.8 Å². The van der Waals surface area contributed by atoms with Gasteiger partial charge >= 0.3 is 11.9 Å². The van der Waals surface area contributed by atoms with Crippen molar-refractivity contribution in [3.63, 3.8) is 0 Å². The molecular weight excluding hydrogens is 536 g/mol. The van der Waals surface area contributed by atoms with E-state index in [-0.39, 0.29) is 47.0 Å². The van der Waals surface area contributed by atoms with Crippen LogP contribution in [0.4, 0.5) is 0 Å². The normalized spacial score (nSPS) is 13.6. The lowest BCUT2D eigenvalue weighted by Crippen LogP contribution is -2.16. The fraction of sp³-hybridized carbons (Fsp3) is 0.588. The third kappa shape index (κ3) is 10.3. The molecule has 0 aliphatic heterocycles. The van der Waals surface area contributed by atoms with E-state index in [0.29, 0.717) is 39.3 Å². The summed E-state index contributed by atoms with van der Waals surface area (Å²) in [5, 5.41) is 40.1. The minimum atomic E-state index is -0.888. The predicted molar refractivity (Wildman–Crippen MR) is 164 cm³/mol. The number of rotatable bonds is 15. The molecule has 0 aliphatic rings. The number of aryl methyl sites for hydroxylation is 2. The highest BCUT2D eigenvalue weighted by Gasteiger charge is 2.25. The number of phenolic OH excluding ortho intramolecular Hbond substituents is 2. The van der Waals surface area contributed by atoms with Crippen molar-refractivity contribution in [1.82, 2.24) is 0 Å². The average Bonchev–Trinajstić information content (AvgIpc) is 2.85. The number of phenols is 2. The van der Waals surface area contributed by atoms with Crippen molar-refractivity contribution in [3.8, 4) is 11.5 Å². The van der Waals surface area contributed by atoms with Crippen molar-refractivity contribution in [2.45, 2.75) is 104 Å². The quantitative estimate of drug-likeness (QED) is 0.165. The number of carboxylic acids is 2. The maximum Gasteiger partial charge on any atom is 0.303 e. The second-order valence-corrected chi connectivity index (χ2v) is 13.4. The Bertz CT molecular complexity index is 1120. The zero-order valence-corrected chi connectivity index (χ0v) is 26.5. The summed E-state index contributed by atoms with van der Waals surface area (Å²) >= 11 is 0. The van der Waals surface area contributed by atoms with E-state index in [1.165, 1.54) is 0 Å². The number of ether oxygens (including phenoxy) is 2. The van der Waals surface area contributed by atoms with Crippen molar-refractivity contribution in [3.05, 3.63) is 57.6 Å². The highest BCUT2D eigenvalue weighted by Crippen LogP contribution is 2.38. The molecule has 2 aromatic carbocycles. The number of hydrogen-bond donors (Lipinski definition) is 4. The molecule has 2 atom stereocenters. The van der Waals surface area contributed by atoms with Gasteiger partial charge in [-0.15, -0.1) is 0 Å². The van der Waals surface area contributed by atoms with Gasteiger partial charge in [-0.05, 0) is 82.7 Å². The van der Waals surface area contributed by atoms with Crippen LogP contribution in [0.25, 0.3) is 0 Å². The van der Waals surface area contributed by atoms with Crippen molar-refractivity contribution in [2.75, 3.05) is 26.4 Å². The Morgan fingerprint density at radius 3 is 1.26 bits per heavy atom. The molecule has 2 unspecified atom stereocenters. The number of hydrogen-bond acceptors (Lipinski definition) is 6. The smallest absolute Gasteiger partial charge is 0.303 e. The second-order valence-electron chi connectivity index (χ2n) is 13.4. The van der Waals surface area contributed by atoms with Crippen molar-refractivity contribution < 1.29 is 39.5 Å². The summed E-state index contributed by atoms with van der Waals surface area (Å²) in [6, 6.07) is 7.53. The van der Waals surface area contributed by atoms with Crippen LogP contribution in [0.2, 0.25) is 0 Å². The molecule has 4 N–H and O–H groups in total. The van der Waals surface area contributed by atoms with Gasteiger partial charge in [0.1, 0.15) is 11.5 Å². The Labute approximate surface area is 250 Å². The summed E-state index contributed by atoms with van der Waals surface area (Å²) in [5.41, 5.74) is 4.21. The van der Waals surface area contributed by atoms with Gasteiger partial charge in [0, 0.05) is 13.2 Å². The van der Waals surface area contributed by atoms with E-state index >= 15 is 0 Å². The van der Waals surface area contributed by atoms with Crippen LogP contribution in [0.3, 0.4) is 0 Å².